The number of nitrogens with zero attached hydrogens (tertiary/aromatic N) is 1. The summed E-state index contributed by atoms with van der Waals surface area (Å²) in [4.78, 5) is 14.0. The minimum Gasteiger partial charge on any atom is -0.480 e. The Labute approximate surface area is 103 Å². The van der Waals surface area contributed by atoms with Crippen LogP contribution in [-0.4, -0.2) is 46.7 Å². The summed E-state index contributed by atoms with van der Waals surface area (Å²) in [7, 11) is 0. The predicted molar refractivity (Wildman–Crippen MR) is 67.1 cm³/mol. The Morgan fingerprint density at radius 2 is 2.06 bits per heavy atom. The number of nitrogens with one attached hydrogen (secondary N) is 1. The Morgan fingerprint density at radius 3 is 2.59 bits per heavy atom. The third-order valence-electron chi connectivity index (χ3n) is 4.07. The van der Waals surface area contributed by atoms with E-state index in [1.54, 1.807) is 0 Å². The van der Waals surface area contributed by atoms with Gasteiger partial charge in [0.2, 0.25) is 0 Å². The first kappa shape index (κ1) is 12.8. The quantitative estimate of drug-likeness (QED) is 0.781. The van der Waals surface area contributed by atoms with Crippen LogP contribution in [0.3, 0.4) is 0 Å². The first-order valence-corrected chi connectivity index (χ1v) is 6.79. The molecule has 0 spiro atoms. The van der Waals surface area contributed by atoms with Crippen LogP contribution in [-0.2, 0) is 4.79 Å². The van der Waals surface area contributed by atoms with Crippen LogP contribution in [0.25, 0.3) is 0 Å². The van der Waals surface area contributed by atoms with Gasteiger partial charge in [-0.3, -0.25) is 10.1 Å². The zero-order chi connectivity index (χ0) is 12.5. The minimum absolute atomic E-state index is 0.455. The van der Waals surface area contributed by atoms with Crippen molar-refractivity contribution in [2.45, 2.75) is 63.6 Å². The lowest BCUT2D eigenvalue weighted by Gasteiger charge is -2.30. The van der Waals surface area contributed by atoms with Crippen LogP contribution in [0, 0.1) is 0 Å². The average Bonchev–Trinajstić information content (AvgIpc) is 3.05. The van der Waals surface area contributed by atoms with Crippen LogP contribution in [0.4, 0.5) is 0 Å². The van der Waals surface area contributed by atoms with Crippen LogP contribution in [0.5, 0.6) is 0 Å². The number of rotatable bonds is 4. The highest BCUT2D eigenvalue weighted by Gasteiger charge is 2.43. The lowest BCUT2D eigenvalue weighted by atomic mass is 9.90. The van der Waals surface area contributed by atoms with Crippen molar-refractivity contribution < 1.29 is 9.90 Å². The molecule has 0 radical (unpaired) electrons. The second kappa shape index (κ2) is 4.94. The zero-order valence-corrected chi connectivity index (χ0v) is 10.9. The maximum Gasteiger partial charge on any atom is 0.323 e. The van der Waals surface area contributed by atoms with Crippen molar-refractivity contribution in [1.29, 1.82) is 0 Å². The summed E-state index contributed by atoms with van der Waals surface area (Å²) in [5, 5.41) is 12.9. The normalized spacial score (nSPS) is 31.5. The van der Waals surface area contributed by atoms with Gasteiger partial charge in [0.15, 0.2) is 0 Å². The van der Waals surface area contributed by atoms with Crippen LogP contribution in [0.2, 0.25) is 0 Å². The molecule has 0 aromatic carbocycles. The summed E-state index contributed by atoms with van der Waals surface area (Å²) < 4.78 is 0. The van der Waals surface area contributed by atoms with Gasteiger partial charge in [-0.05, 0) is 52.5 Å². The lowest BCUT2D eigenvalue weighted by molar-refractivity contribution is -0.145. The summed E-state index contributed by atoms with van der Waals surface area (Å²) in [6.45, 7) is 6.28. The monoisotopic (exact) mass is 240 g/mol. The largest absolute Gasteiger partial charge is 0.480 e. The molecule has 2 fully saturated rings. The van der Waals surface area contributed by atoms with E-state index < -0.39 is 11.5 Å². The predicted octanol–water partition coefficient (Wildman–Crippen LogP) is 1.46. The molecule has 2 N–H and O–H groups in total. The van der Waals surface area contributed by atoms with E-state index in [1.165, 1.54) is 0 Å². The molecule has 1 aliphatic heterocycles. The molecule has 4 nitrogen and oxygen atoms in total. The third-order valence-corrected chi connectivity index (χ3v) is 4.07. The van der Waals surface area contributed by atoms with Crippen LogP contribution in [0.15, 0.2) is 0 Å². The number of carboxylic acid groups (broad SMARTS) is 1. The summed E-state index contributed by atoms with van der Waals surface area (Å²) >= 11 is 0. The molecule has 1 saturated heterocycles. The Bertz CT molecular complexity index is 289. The van der Waals surface area contributed by atoms with Crippen molar-refractivity contribution in [2.24, 2.45) is 0 Å². The molecule has 1 heterocycles. The molecule has 1 unspecified atom stereocenters. The molecule has 1 aliphatic carbocycles. The molecule has 98 valence electrons. The van der Waals surface area contributed by atoms with E-state index in [0.29, 0.717) is 12.1 Å². The maximum absolute atomic E-state index is 11.6. The number of aliphatic carboxylic acids is 1. The summed E-state index contributed by atoms with van der Waals surface area (Å²) in [6.07, 6.45) is 4.76. The van der Waals surface area contributed by atoms with Gasteiger partial charge >= 0.3 is 5.97 Å². The van der Waals surface area contributed by atoms with Gasteiger partial charge in [0.05, 0.1) is 0 Å². The van der Waals surface area contributed by atoms with E-state index in [4.69, 9.17) is 0 Å². The number of carbonyl (C=O) groups is 1. The highest BCUT2D eigenvalue weighted by Crippen LogP contribution is 2.29. The number of hydrogen-bond donors (Lipinski definition) is 2. The minimum atomic E-state index is -0.662. The van der Waals surface area contributed by atoms with E-state index in [-0.39, 0.29) is 0 Å². The van der Waals surface area contributed by atoms with Gasteiger partial charge in [-0.1, -0.05) is 0 Å². The van der Waals surface area contributed by atoms with Crippen molar-refractivity contribution in [1.82, 2.24) is 10.2 Å². The molecule has 2 aliphatic rings. The van der Waals surface area contributed by atoms with Gasteiger partial charge in [-0.25, -0.2) is 0 Å². The number of hydrogen-bond acceptors (Lipinski definition) is 3. The van der Waals surface area contributed by atoms with Gasteiger partial charge in [0, 0.05) is 18.6 Å². The molecule has 17 heavy (non-hydrogen) atoms. The number of carboxylic acids is 1. The molecule has 0 aromatic rings. The standard InChI is InChI=1S/C13H24N2O2/c1-10(2)15-8-3-6-13(7-9-15,12(16)17)14-11-4-5-11/h10-11,14H,3-9H2,1-2H3,(H,16,17). The van der Waals surface area contributed by atoms with Crippen LogP contribution < -0.4 is 5.32 Å². The summed E-state index contributed by atoms with van der Waals surface area (Å²) in [5.74, 6) is -0.657. The molecular weight excluding hydrogens is 216 g/mol. The van der Waals surface area contributed by atoms with E-state index in [0.717, 1.165) is 45.2 Å². The topological polar surface area (TPSA) is 52.6 Å². The SMILES string of the molecule is CC(C)N1CCCC(NC2CC2)(C(=O)O)CC1. The highest BCUT2D eigenvalue weighted by atomic mass is 16.4. The van der Waals surface area contributed by atoms with Gasteiger partial charge in [0.1, 0.15) is 5.54 Å². The van der Waals surface area contributed by atoms with Gasteiger partial charge in [-0.2, -0.15) is 0 Å². The van der Waals surface area contributed by atoms with Crippen molar-refractivity contribution >= 4 is 5.97 Å². The maximum atomic E-state index is 11.6. The van der Waals surface area contributed by atoms with Gasteiger partial charge < -0.3 is 10.0 Å². The van der Waals surface area contributed by atoms with E-state index in [9.17, 15) is 9.90 Å². The molecule has 2 rings (SSSR count). The Balaban J connectivity index is 2.03. The molecule has 0 aromatic heterocycles. The zero-order valence-electron chi connectivity index (χ0n) is 10.9. The fourth-order valence-electron chi connectivity index (χ4n) is 2.71. The van der Waals surface area contributed by atoms with Gasteiger partial charge in [0.25, 0.3) is 0 Å². The molecule has 1 saturated carbocycles. The lowest BCUT2D eigenvalue weighted by Crippen LogP contribution is -2.53. The first-order chi connectivity index (χ1) is 8.03. The molecule has 0 bridgehead atoms. The second-order valence-corrected chi connectivity index (χ2v) is 5.79. The third kappa shape index (κ3) is 2.99. The van der Waals surface area contributed by atoms with E-state index >= 15 is 0 Å². The Hall–Kier alpha value is -0.610. The van der Waals surface area contributed by atoms with Crippen molar-refractivity contribution in [3.63, 3.8) is 0 Å². The fourth-order valence-corrected chi connectivity index (χ4v) is 2.71. The second-order valence-electron chi connectivity index (χ2n) is 5.79. The van der Waals surface area contributed by atoms with Crippen molar-refractivity contribution in [3.8, 4) is 0 Å². The van der Waals surface area contributed by atoms with Crippen LogP contribution in [0.1, 0.15) is 46.0 Å². The molecular formula is C13H24N2O2. The smallest absolute Gasteiger partial charge is 0.323 e. The molecule has 1 atom stereocenters. The summed E-state index contributed by atoms with van der Waals surface area (Å²) in [6, 6.07) is 0.970. The Morgan fingerprint density at radius 1 is 1.35 bits per heavy atom. The van der Waals surface area contributed by atoms with Crippen molar-refractivity contribution in [3.05, 3.63) is 0 Å². The van der Waals surface area contributed by atoms with Gasteiger partial charge in [-0.15, -0.1) is 0 Å². The number of likely N-dealkylation sites (tertiary alicyclic amines) is 1. The average molecular weight is 240 g/mol. The fraction of sp³-hybridized carbons (Fsp3) is 0.923. The van der Waals surface area contributed by atoms with E-state index in [2.05, 4.69) is 24.1 Å². The van der Waals surface area contributed by atoms with Crippen molar-refractivity contribution in [2.75, 3.05) is 13.1 Å². The Kier molecular flexibility index (Phi) is 3.73. The summed E-state index contributed by atoms with van der Waals surface area (Å²) in [5.41, 5.74) is -0.662. The van der Waals surface area contributed by atoms with Crippen LogP contribution >= 0.6 is 0 Å². The highest BCUT2D eigenvalue weighted by molar-refractivity contribution is 5.79. The first-order valence-electron chi connectivity index (χ1n) is 6.79. The van der Waals surface area contributed by atoms with E-state index in [1.807, 2.05) is 0 Å². The molecule has 4 heteroatoms. The molecule has 0 amide bonds.